The van der Waals surface area contributed by atoms with Crippen molar-refractivity contribution < 1.29 is 4.39 Å². The first kappa shape index (κ1) is 12.9. The standard InChI is InChI=1S/C16H12ClFN2/c17-15-7-6-11(16-14(15)5-2-8-19-16)10-20-13-4-1-3-12(18)9-13/h1-9,20H,10H2. The third-order valence-electron chi connectivity index (χ3n) is 3.11. The van der Waals surface area contributed by atoms with Crippen LogP contribution in [0.1, 0.15) is 5.56 Å². The number of rotatable bonds is 3. The van der Waals surface area contributed by atoms with Crippen molar-refractivity contribution in [3.8, 4) is 0 Å². The summed E-state index contributed by atoms with van der Waals surface area (Å²) in [5.74, 6) is -0.255. The van der Waals surface area contributed by atoms with Crippen molar-refractivity contribution in [3.05, 3.63) is 71.1 Å². The molecular formula is C16H12ClFN2. The van der Waals surface area contributed by atoms with Crippen molar-refractivity contribution in [2.45, 2.75) is 6.54 Å². The first-order chi connectivity index (χ1) is 9.74. The highest BCUT2D eigenvalue weighted by Gasteiger charge is 2.05. The number of hydrogen-bond donors (Lipinski definition) is 1. The Balaban J connectivity index is 1.90. The molecule has 0 aliphatic heterocycles. The van der Waals surface area contributed by atoms with Crippen LogP contribution in [0.2, 0.25) is 5.02 Å². The normalized spacial score (nSPS) is 10.7. The molecule has 20 heavy (non-hydrogen) atoms. The van der Waals surface area contributed by atoms with Crippen LogP contribution in [0.4, 0.5) is 10.1 Å². The van der Waals surface area contributed by atoms with Gasteiger partial charge >= 0.3 is 0 Å². The highest BCUT2D eigenvalue weighted by molar-refractivity contribution is 6.35. The fourth-order valence-corrected chi connectivity index (χ4v) is 2.35. The highest BCUT2D eigenvalue weighted by Crippen LogP contribution is 2.25. The Morgan fingerprint density at radius 2 is 2.00 bits per heavy atom. The van der Waals surface area contributed by atoms with E-state index >= 15 is 0 Å². The van der Waals surface area contributed by atoms with Crippen LogP contribution in [0.25, 0.3) is 10.9 Å². The lowest BCUT2D eigenvalue weighted by atomic mass is 10.1. The Morgan fingerprint density at radius 3 is 2.85 bits per heavy atom. The zero-order valence-corrected chi connectivity index (χ0v) is 11.4. The molecule has 0 unspecified atom stereocenters. The topological polar surface area (TPSA) is 24.9 Å². The first-order valence-corrected chi connectivity index (χ1v) is 6.63. The van der Waals surface area contributed by atoms with Crippen LogP contribution in [0, 0.1) is 5.82 Å². The van der Waals surface area contributed by atoms with Gasteiger partial charge in [0.15, 0.2) is 0 Å². The lowest BCUT2D eigenvalue weighted by molar-refractivity contribution is 0.628. The Morgan fingerprint density at radius 1 is 1.10 bits per heavy atom. The lowest BCUT2D eigenvalue weighted by Crippen LogP contribution is -2.01. The molecule has 2 aromatic carbocycles. The molecule has 0 bridgehead atoms. The maximum Gasteiger partial charge on any atom is 0.125 e. The number of halogens is 2. The van der Waals surface area contributed by atoms with E-state index in [9.17, 15) is 4.39 Å². The van der Waals surface area contributed by atoms with Gasteiger partial charge in [0.1, 0.15) is 5.82 Å². The second-order valence-corrected chi connectivity index (χ2v) is 4.88. The van der Waals surface area contributed by atoms with E-state index in [1.165, 1.54) is 12.1 Å². The summed E-state index contributed by atoms with van der Waals surface area (Å²) >= 11 is 6.16. The van der Waals surface area contributed by atoms with Crippen LogP contribution >= 0.6 is 11.6 Å². The minimum absolute atomic E-state index is 0.255. The molecule has 0 spiro atoms. The fourth-order valence-electron chi connectivity index (χ4n) is 2.13. The van der Waals surface area contributed by atoms with Gasteiger partial charge in [-0.3, -0.25) is 4.98 Å². The largest absolute Gasteiger partial charge is 0.381 e. The molecule has 1 N–H and O–H groups in total. The molecule has 0 radical (unpaired) electrons. The van der Waals surface area contributed by atoms with E-state index in [1.54, 1.807) is 12.3 Å². The van der Waals surface area contributed by atoms with Crippen molar-refractivity contribution in [2.75, 3.05) is 5.32 Å². The van der Waals surface area contributed by atoms with Gasteiger partial charge in [-0.1, -0.05) is 23.7 Å². The van der Waals surface area contributed by atoms with E-state index in [0.717, 1.165) is 22.2 Å². The lowest BCUT2D eigenvalue weighted by Gasteiger charge is -2.09. The fraction of sp³-hybridized carbons (Fsp3) is 0.0625. The SMILES string of the molecule is Fc1cccc(NCc2ccc(Cl)c3cccnc23)c1. The smallest absolute Gasteiger partial charge is 0.125 e. The number of anilines is 1. The van der Waals surface area contributed by atoms with Crippen LogP contribution in [0.3, 0.4) is 0 Å². The van der Waals surface area contributed by atoms with Gasteiger partial charge < -0.3 is 5.32 Å². The molecule has 0 atom stereocenters. The Bertz CT molecular complexity index is 758. The molecule has 0 aliphatic rings. The average Bonchev–Trinajstić information content (AvgIpc) is 2.47. The molecule has 0 aliphatic carbocycles. The number of nitrogens with one attached hydrogen (secondary N) is 1. The Labute approximate surface area is 121 Å². The molecule has 0 amide bonds. The quantitative estimate of drug-likeness (QED) is 0.759. The highest BCUT2D eigenvalue weighted by atomic mass is 35.5. The number of aromatic nitrogens is 1. The van der Waals surface area contributed by atoms with Gasteiger partial charge in [0, 0.05) is 28.8 Å². The van der Waals surface area contributed by atoms with Crippen LogP contribution in [0.15, 0.2) is 54.7 Å². The van der Waals surface area contributed by atoms with Crippen LogP contribution in [0.5, 0.6) is 0 Å². The number of hydrogen-bond acceptors (Lipinski definition) is 2. The zero-order valence-electron chi connectivity index (χ0n) is 10.6. The molecule has 3 rings (SSSR count). The van der Waals surface area contributed by atoms with E-state index < -0.39 is 0 Å². The average molecular weight is 287 g/mol. The van der Waals surface area contributed by atoms with Crippen molar-refractivity contribution in [3.63, 3.8) is 0 Å². The van der Waals surface area contributed by atoms with Crippen LogP contribution in [-0.4, -0.2) is 4.98 Å². The monoisotopic (exact) mass is 286 g/mol. The maximum absolute atomic E-state index is 13.1. The van der Waals surface area contributed by atoms with E-state index in [4.69, 9.17) is 11.6 Å². The Hall–Kier alpha value is -2.13. The van der Waals surface area contributed by atoms with E-state index in [2.05, 4.69) is 10.3 Å². The van der Waals surface area contributed by atoms with Crippen molar-refractivity contribution in [1.29, 1.82) is 0 Å². The molecule has 2 nitrogen and oxygen atoms in total. The summed E-state index contributed by atoms with van der Waals surface area (Å²) in [5.41, 5.74) is 2.63. The summed E-state index contributed by atoms with van der Waals surface area (Å²) in [6, 6.07) is 14.0. The minimum atomic E-state index is -0.255. The number of benzene rings is 2. The summed E-state index contributed by atoms with van der Waals surface area (Å²) in [6.45, 7) is 0.564. The van der Waals surface area contributed by atoms with Crippen molar-refractivity contribution in [1.82, 2.24) is 4.98 Å². The van der Waals surface area contributed by atoms with Crippen LogP contribution < -0.4 is 5.32 Å². The van der Waals surface area contributed by atoms with Gasteiger partial charge in [-0.25, -0.2) is 4.39 Å². The molecule has 4 heteroatoms. The third kappa shape index (κ3) is 2.58. The summed E-state index contributed by atoms with van der Waals surface area (Å²) in [4.78, 5) is 4.37. The van der Waals surface area contributed by atoms with Gasteiger partial charge in [0.2, 0.25) is 0 Å². The van der Waals surface area contributed by atoms with Gasteiger partial charge in [0.05, 0.1) is 5.52 Å². The van der Waals surface area contributed by atoms with E-state index in [-0.39, 0.29) is 5.82 Å². The van der Waals surface area contributed by atoms with Gasteiger partial charge in [-0.15, -0.1) is 0 Å². The molecule has 1 aromatic heterocycles. The molecule has 0 fully saturated rings. The molecular weight excluding hydrogens is 275 g/mol. The second-order valence-electron chi connectivity index (χ2n) is 4.47. The van der Waals surface area contributed by atoms with Gasteiger partial charge in [-0.05, 0) is 42.0 Å². The van der Waals surface area contributed by atoms with E-state index in [1.807, 2.05) is 30.3 Å². The predicted octanol–water partition coefficient (Wildman–Crippen LogP) is 4.64. The summed E-state index contributed by atoms with van der Waals surface area (Å²) < 4.78 is 13.1. The summed E-state index contributed by atoms with van der Waals surface area (Å²) in [5, 5.41) is 4.80. The second kappa shape index (κ2) is 5.47. The predicted molar refractivity (Wildman–Crippen MR) is 80.5 cm³/mol. The summed E-state index contributed by atoms with van der Waals surface area (Å²) in [7, 11) is 0. The third-order valence-corrected chi connectivity index (χ3v) is 3.44. The zero-order chi connectivity index (χ0) is 13.9. The number of pyridine rings is 1. The molecule has 3 aromatic rings. The minimum Gasteiger partial charge on any atom is -0.381 e. The molecule has 100 valence electrons. The van der Waals surface area contributed by atoms with Crippen LogP contribution in [-0.2, 0) is 6.54 Å². The van der Waals surface area contributed by atoms with Crippen molar-refractivity contribution >= 4 is 28.2 Å². The molecule has 1 heterocycles. The van der Waals surface area contributed by atoms with E-state index in [0.29, 0.717) is 11.6 Å². The number of fused-ring (bicyclic) bond motifs is 1. The number of nitrogens with zero attached hydrogens (tertiary/aromatic N) is 1. The van der Waals surface area contributed by atoms with Crippen molar-refractivity contribution in [2.24, 2.45) is 0 Å². The molecule has 0 saturated heterocycles. The Kier molecular flexibility index (Phi) is 3.52. The summed E-state index contributed by atoms with van der Waals surface area (Å²) in [6.07, 6.45) is 1.74. The maximum atomic E-state index is 13.1. The molecule has 0 saturated carbocycles. The van der Waals surface area contributed by atoms with Gasteiger partial charge in [0.25, 0.3) is 0 Å². The first-order valence-electron chi connectivity index (χ1n) is 6.25. The van der Waals surface area contributed by atoms with Gasteiger partial charge in [-0.2, -0.15) is 0 Å².